The molecule has 7 nitrogen and oxygen atoms in total. The third-order valence-electron chi connectivity index (χ3n) is 3.63. The van der Waals surface area contributed by atoms with Gasteiger partial charge in [-0.25, -0.2) is 8.42 Å². The molecule has 0 bridgehead atoms. The zero-order valence-corrected chi connectivity index (χ0v) is 15.4. The number of hydrogen-bond acceptors (Lipinski definition) is 5. The van der Waals surface area contributed by atoms with Gasteiger partial charge in [-0.15, -0.1) is 0 Å². The van der Waals surface area contributed by atoms with Crippen molar-refractivity contribution in [3.63, 3.8) is 0 Å². The summed E-state index contributed by atoms with van der Waals surface area (Å²) in [6.07, 6.45) is 2.83. The molecule has 1 aliphatic rings. The minimum Gasteiger partial charge on any atom is -0.481 e. The Morgan fingerprint density at radius 2 is 1.88 bits per heavy atom. The number of carboxylic acids is 1. The fourth-order valence-electron chi connectivity index (χ4n) is 2.65. The maximum atomic E-state index is 11.6. The average Bonchev–Trinajstić information content (AvgIpc) is 2.87. The lowest BCUT2D eigenvalue weighted by Crippen LogP contribution is -2.11. The lowest BCUT2D eigenvalue weighted by molar-refractivity contribution is -0.134. The summed E-state index contributed by atoms with van der Waals surface area (Å²) in [5, 5.41) is 7.42. The molecule has 8 heteroatoms. The van der Waals surface area contributed by atoms with Crippen molar-refractivity contribution < 1.29 is 23.1 Å². The molecule has 4 N–H and O–H groups in total. The highest BCUT2D eigenvalue weighted by atomic mass is 32.2. The van der Waals surface area contributed by atoms with E-state index in [1.807, 2.05) is 42.5 Å². The van der Waals surface area contributed by atoms with Crippen molar-refractivity contribution >= 4 is 21.7 Å². The van der Waals surface area contributed by atoms with Crippen LogP contribution in [-0.4, -0.2) is 25.7 Å². The van der Waals surface area contributed by atoms with Crippen molar-refractivity contribution in [2.75, 3.05) is 11.0 Å². The Morgan fingerprint density at radius 3 is 2.46 bits per heavy atom. The molecule has 1 unspecified atom stereocenters. The van der Waals surface area contributed by atoms with Crippen LogP contribution in [0.1, 0.15) is 30.5 Å². The van der Waals surface area contributed by atoms with Gasteiger partial charge in [0.2, 0.25) is 10.0 Å². The molecule has 2 aromatic rings. The van der Waals surface area contributed by atoms with Gasteiger partial charge in [-0.1, -0.05) is 18.2 Å². The number of hydrogen-bond donors (Lipinski definition) is 3. The van der Waals surface area contributed by atoms with E-state index in [1.165, 1.54) is 0 Å². The van der Waals surface area contributed by atoms with E-state index in [1.54, 1.807) is 0 Å². The second kappa shape index (κ2) is 8.20. The number of fused-ring (bicyclic) bond motifs is 1. The first-order chi connectivity index (χ1) is 12.2. The summed E-state index contributed by atoms with van der Waals surface area (Å²) < 4.78 is 31.5. The summed E-state index contributed by atoms with van der Waals surface area (Å²) in [5.41, 5.74) is 8.62. The third kappa shape index (κ3) is 5.75. The van der Waals surface area contributed by atoms with Crippen LogP contribution in [0.25, 0.3) is 0 Å². The van der Waals surface area contributed by atoms with E-state index in [2.05, 4.69) is 4.72 Å². The Bertz CT molecular complexity index is 878. The molecule has 0 saturated heterocycles. The molecule has 0 aliphatic heterocycles. The summed E-state index contributed by atoms with van der Waals surface area (Å²) in [6, 6.07) is 12.9. The Morgan fingerprint density at radius 1 is 1.27 bits per heavy atom. The monoisotopic (exact) mass is 378 g/mol. The maximum absolute atomic E-state index is 11.6. The number of aliphatic carboxylic acids is 1. The molecule has 1 aliphatic carbocycles. The summed E-state index contributed by atoms with van der Waals surface area (Å²) >= 11 is 0. The predicted molar refractivity (Wildman–Crippen MR) is 100.0 cm³/mol. The molecule has 1 atom stereocenters. The van der Waals surface area contributed by atoms with E-state index >= 15 is 0 Å². The summed E-state index contributed by atoms with van der Waals surface area (Å²) in [6.45, 7) is 1.08. The van der Waals surface area contributed by atoms with Gasteiger partial charge in [-0.3, -0.25) is 9.52 Å². The minimum absolute atomic E-state index is 0.0274. The van der Waals surface area contributed by atoms with Crippen LogP contribution in [0.5, 0.6) is 11.5 Å². The number of ether oxygens (including phenoxy) is 1. The number of anilines is 1. The Labute approximate surface area is 152 Å². The first kappa shape index (κ1) is 19.7. The van der Waals surface area contributed by atoms with E-state index in [-0.39, 0.29) is 6.04 Å². The fourth-order valence-corrected chi connectivity index (χ4v) is 3.21. The highest BCUT2D eigenvalue weighted by Gasteiger charge is 2.23. The molecule has 0 saturated carbocycles. The topological polar surface area (TPSA) is 119 Å². The highest BCUT2D eigenvalue weighted by molar-refractivity contribution is 7.92. The van der Waals surface area contributed by atoms with Gasteiger partial charge >= 0.3 is 0 Å². The number of benzene rings is 2. The molecule has 2 aromatic carbocycles. The van der Waals surface area contributed by atoms with E-state index in [0.717, 1.165) is 37.1 Å². The molecule has 26 heavy (non-hydrogen) atoms. The van der Waals surface area contributed by atoms with Crippen LogP contribution in [0.3, 0.4) is 0 Å². The molecule has 140 valence electrons. The molecule has 0 amide bonds. The second-order valence-corrected chi connectivity index (χ2v) is 7.75. The lowest BCUT2D eigenvalue weighted by atomic mass is 10.1. The zero-order valence-electron chi connectivity index (χ0n) is 14.6. The number of aryl methyl sites for hydroxylation is 1. The molecular formula is C18H22N2O5S. The first-order valence-electron chi connectivity index (χ1n) is 7.98. The number of nitrogens with one attached hydrogen (secondary N) is 1. The molecule has 0 heterocycles. The van der Waals surface area contributed by atoms with Crippen molar-refractivity contribution in [1.82, 2.24) is 0 Å². The summed E-state index contributed by atoms with van der Waals surface area (Å²) in [4.78, 5) is 9.00. The lowest BCUT2D eigenvalue weighted by Gasteiger charge is -2.15. The highest BCUT2D eigenvalue weighted by Crippen LogP contribution is 2.39. The SMILES string of the molecule is CC(=O)O.CS(=O)(=O)Nc1cc2c(cc1Oc1ccccc1)C(N)CC2. The Kier molecular flexibility index (Phi) is 6.23. The zero-order chi connectivity index (χ0) is 19.3. The van der Waals surface area contributed by atoms with Gasteiger partial charge in [0.1, 0.15) is 5.75 Å². The number of nitrogens with two attached hydrogens (primary N) is 1. The molecule has 0 aromatic heterocycles. The largest absolute Gasteiger partial charge is 0.481 e. The average molecular weight is 378 g/mol. The van der Waals surface area contributed by atoms with Crippen LogP contribution >= 0.6 is 0 Å². The number of carboxylic acid groups (broad SMARTS) is 1. The van der Waals surface area contributed by atoms with E-state index in [9.17, 15) is 8.42 Å². The first-order valence-corrected chi connectivity index (χ1v) is 9.87. The number of rotatable bonds is 4. The van der Waals surface area contributed by atoms with Gasteiger partial charge in [-0.2, -0.15) is 0 Å². The van der Waals surface area contributed by atoms with Crippen LogP contribution in [0.2, 0.25) is 0 Å². The normalized spacial score (nSPS) is 15.4. The van der Waals surface area contributed by atoms with Gasteiger partial charge in [0.15, 0.2) is 5.75 Å². The van der Waals surface area contributed by atoms with Gasteiger partial charge in [-0.05, 0) is 48.2 Å². The van der Waals surface area contributed by atoms with E-state index in [4.69, 9.17) is 20.4 Å². The number of carbonyl (C=O) groups is 1. The Hall–Kier alpha value is -2.58. The molecular weight excluding hydrogens is 356 g/mol. The number of para-hydroxylation sites is 1. The molecule has 0 fully saturated rings. The minimum atomic E-state index is -3.38. The van der Waals surface area contributed by atoms with Crippen LogP contribution < -0.4 is 15.2 Å². The quantitative estimate of drug-likeness (QED) is 0.753. The summed E-state index contributed by atoms with van der Waals surface area (Å²) in [5.74, 6) is 0.276. The van der Waals surface area contributed by atoms with Crippen LogP contribution in [-0.2, 0) is 21.2 Å². The second-order valence-electron chi connectivity index (χ2n) is 6.00. The third-order valence-corrected chi connectivity index (χ3v) is 4.22. The van der Waals surface area contributed by atoms with Gasteiger partial charge < -0.3 is 15.6 Å². The number of sulfonamides is 1. The van der Waals surface area contributed by atoms with Crippen LogP contribution in [0.15, 0.2) is 42.5 Å². The molecule has 3 rings (SSSR count). The van der Waals surface area contributed by atoms with Crippen LogP contribution in [0, 0.1) is 0 Å². The van der Waals surface area contributed by atoms with Crippen molar-refractivity contribution in [3.8, 4) is 11.5 Å². The van der Waals surface area contributed by atoms with Crippen molar-refractivity contribution in [1.29, 1.82) is 0 Å². The van der Waals surface area contributed by atoms with E-state index < -0.39 is 16.0 Å². The van der Waals surface area contributed by atoms with E-state index in [0.29, 0.717) is 17.2 Å². The predicted octanol–water partition coefficient (Wildman–Crippen LogP) is 2.89. The van der Waals surface area contributed by atoms with Gasteiger partial charge in [0, 0.05) is 13.0 Å². The van der Waals surface area contributed by atoms with Crippen molar-refractivity contribution in [3.05, 3.63) is 53.6 Å². The molecule has 0 spiro atoms. The smallest absolute Gasteiger partial charge is 0.300 e. The van der Waals surface area contributed by atoms with Gasteiger partial charge in [0.05, 0.1) is 11.9 Å². The van der Waals surface area contributed by atoms with Crippen molar-refractivity contribution in [2.24, 2.45) is 5.73 Å². The van der Waals surface area contributed by atoms with Gasteiger partial charge in [0.25, 0.3) is 5.97 Å². The fraction of sp³-hybridized carbons (Fsp3) is 0.278. The summed E-state index contributed by atoms with van der Waals surface area (Å²) in [7, 11) is -3.38. The maximum Gasteiger partial charge on any atom is 0.300 e. The Balaban J connectivity index is 0.000000552. The van der Waals surface area contributed by atoms with Crippen molar-refractivity contribution in [2.45, 2.75) is 25.8 Å². The molecule has 0 radical (unpaired) electrons. The van der Waals surface area contributed by atoms with Crippen LogP contribution in [0.4, 0.5) is 5.69 Å². The standard InChI is InChI=1S/C16H18N2O3S.C2H4O2/c1-22(19,20)18-15-9-11-7-8-14(17)13(11)10-16(15)21-12-5-3-2-4-6-12;1-2(3)4/h2-6,9-10,14,18H,7-8,17H2,1H3;1H3,(H,3,4).